The lowest BCUT2D eigenvalue weighted by molar-refractivity contribution is -0.380. The van der Waals surface area contributed by atoms with Crippen LogP contribution in [0.4, 0.5) is 0 Å². The zero-order chi connectivity index (χ0) is 67.2. The molecule has 17 nitrogen and oxygen atoms in total. The molecule has 5 N–H and O–H groups in total. The van der Waals surface area contributed by atoms with Crippen LogP contribution >= 0.6 is 0 Å². The molecule has 0 aliphatic carbocycles. The number of hydrogen-bond donors (Lipinski definition) is 5. The molecule has 2 saturated heterocycles. The summed E-state index contributed by atoms with van der Waals surface area (Å²) in [5, 5.41) is 69.1. The summed E-state index contributed by atoms with van der Waals surface area (Å²) in [5.74, 6) is 0. The van der Waals surface area contributed by atoms with Gasteiger partial charge in [-0.15, -0.1) is 0 Å². The van der Waals surface area contributed by atoms with Gasteiger partial charge >= 0.3 is 0 Å². The quantitative estimate of drug-likeness (QED) is 0.0357. The van der Waals surface area contributed by atoms with E-state index in [0.29, 0.717) is 33.4 Å². The lowest BCUT2D eigenvalue weighted by atomic mass is 9.95. The maximum Gasteiger partial charge on any atom is 0.270 e. The van der Waals surface area contributed by atoms with Gasteiger partial charge in [0, 0.05) is 0 Å². The maximum atomic E-state index is 17.5. The van der Waals surface area contributed by atoms with E-state index in [9.17, 15) is 15.3 Å². The zero-order valence-corrected chi connectivity index (χ0v) is 55.0. The molecule has 2 fully saturated rings. The van der Waals surface area contributed by atoms with Crippen LogP contribution in [0.15, 0.2) is 251 Å². The van der Waals surface area contributed by atoms with Crippen molar-refractivity contribution in [3.63, 3.8) is 0 Å². The van der Waals surface area contributed by atoms with Crippen molar-refractivity contribution in [2.45, 2.75) is 132 Å². The highest BCUT2D eigenvalue weighted by molar-refractivity contribution is 7.99. The number of ether oxygens (including phenoxy) is 6. The summed E-state index contributed by atoms with van der Waals surface area (Å²) in [6.07, 6.45) is -15.7. The first kappa shape index (κ1) is 68.8. The van der Waals surface area contributed by atoms with Gasteiger partial charge < -0.3 is 54.0 Å². The van der Waals surface area contributed by atoms with Crippen molar-refractivity contribution in [2.24, 2.45) is 0 Å². The molecule has 2 aliphatic heterocycles. The van der Waals surface area contributed by atoms with E-state index in [1.165, 1.54) is 75.4 Å². The topological polar surface area (TPSA) is 259 Å². The Labute approximate surface area is 554 Å². The molecule has 95 heavy (non-hydrogen) atoms. The van der Waals surface area contributed by atoms with Crippen LogP contribution in [0.1, 0.15) is 66.8 Å². The van der Waals surface area contributed by atoms with Gasteiger partial charge in [0.2, 0.25) is 40.7 Å². The van der Waals surface area contributed by atoms with Crippen molar-refractivity contribution in [1.29, 1.82) is 0 Å². The predicted molar refractivity (Wildman–Crippen MR) is 355 cm³/mol. The minimum atomic E-state index is -6.53. The largest absolute Gasteiger partial charge is 0.394 e. The molecule has 0 radical (unpaired) electrons. The molecule has 0 aromatic heterocycles. The van der Waals surface area contributed by atoms with Crippen molar-refractivity contribution in [3.8, 4) is 0 Å². The van der Waals surface area contributed by atoms with E-state index in [4.69, 9.17) is 28.4 Å². The molecule has 2 aliphatic rings. The fourth-order valence-corrected chi connectivity index (χ4v) is 21.1. The predicted octanol–water partition coefficient (Wildman–Crippen LogP) is 9.38. The lowest BCUT2D eigenvalue weighted by Crippen LogP contribution is -2.86. The standard InChI is InChI=1S/C75H76O17S3/c1-51-25-22-40-60(43-54-28-10-4-11-29-54)68(51)93(81,82)73(78)64(46-76)91-72(92-65-63(50-87-47-57-34-16-7-17-35-57)90-71(77)67(89-49-59-38-20-9-21-39-59)66(65)88-48-58-36-18-8-19-37-58)74(79,94(83,84)69-52(2)26-23-41-61(69)44-55-30-12-5-13-31-55)75(73,80)95(85,86)70-53(3)27-24-42-62(70)45-56-32-14-6-15-33-56/h4-42,63-67,71-72,76-80H,43-50H2,1-3H3/t63-,64-,65-,66+,67-,71?,72+,73+,74-,75-/m1/s1. The number of benzene rings is 9. The number of hydrogen-bond acceptors (Lipinski definition) is 17. The first-order valence-electron chi connectivity index (χ1n) is 31.1. The second-order valence-corrected chi connectivity index (χ2v) is 30.1. The van der Waals surface area contributed by atoms with Crippen LogP contribution in [0.5, 0.6) is 0 Å². The molecule has 1 unspecified atom stereocenters. The summed E-state index contributed by atoms with van der Waals surface area (Å²) < 4.78 is 144. The zero-order valence-electron chi connectivity index (χ0n) is 52.6. The molecule has 496 valence electrons. The average Bonchev–Trinajstić information content (AvgIpc) is 0.650. The third kappa shape index (κ3) is 13.3. The first-order valence-corrected chi connectivity index (χ1v) is 35.6. The molecule has 0 amide bonds. The summed E-state index contributed by atoms with van der Waals surface area (Å²) >= 11 is 0. The number of aliphatic hydroxyl groups is 5. The third-order valence-electron chi connectivity index (χ3n) is 17.6. The molecule has 20 heteroatoms. The maximum absolute atomic E-state index is 17.5. The third-order valence-corrected chi connectivity index (χ3v) is 25.4. The Bertz CT molecular complexity index is 4420. The number of aryl methyl sites for hydroxylation is 3. The van der Waals surface area contributed by atoms with E-state index in [1.54, 1.807) is 182 Å². The molecular weight excluding hydrogens is 1270 g/mol. The van der Waals surface area contributed by atoms with Crippen molar-refractivity contribution in [1.82, 2.24) is 0 Å². The molecule has 0 spiro atoms. The van der Waals surface area contributed by atoms with Gasteiger partial charge in [-0.1, -0.05) is 237 Å². The lowest BCUT2D eigenvalue weighted by Gasteiger charge is -2.58. The number of rotatable bonds is 25. The van der Waals surface area contributed by atoms with Crippen LogP contribution in [0.25, 0.3) is 0 Å². The molecule has 2 heterocycles. The molecule has 0 bridgehead atoms. The van der Waals surface area contributed by atoms with E-state index in [1.807, 2.05) is 0 Å². The highest BCUT2D eigenvalue weighted by Crippen LogP contribution is 2.59. The number of aliphatic hydroxyl groups excluding tert-OH is 2. The van der Waals surface area contributed by atoms with Crippen LogP contribution < -0.4 is 0 Å². The van der Waals surface area contributed by atoms with E-state index in [2.05, 4.69) is 0 Å². The van der Waals surface area contributed by atoms with Gasteiger partial charge in [0.05, 0.1) is 47.7 Å². The van der Waals surface area contributed by atoms with E-state index < -0.39 is 115 Å². The van der Waals surface area contributed by atoms with Crippen LogP contribution in [0.2, 0.25) is 0 Å². The molecule has 0 saturated carbocycles. The Morgan fingerprint density at radius 2 is 0.747 bits per heavy atom. The highest BCUT2D eigenvalue weighted by Gasteiger charge is 2.88. The molecule has 9 aromatic carbocycles. The molecule has 9 aromatic rings. The minimum absolute atomic E-state index is 0.0632. The second-order valence-electron chi connectivity index (χ2n) is 24.1. The average molecular weight is 1350 g/mol. The Hall–Kier alpha value is -7.61. The van der Waals surface area contributed by atoms with Gasteiger partial charge in [0.1, 0.15) is 30.5 Å². The Balaban J connectivity index is 1.22. The van der Waals surface area contributed by atoms with Crippen molar-refractivity contribution < 1.29 is 79.2 Å². The van der Waals surface area contributed by atoms with E-state index >= 15 is 35.5 Å². The molecular formula is C75H76O17S3. The molecule has 11 rings (SSSR count). The Kier molecular flexibility index (Phi) is 21.0. The summed E-state index contributed by atoms with van der Waals surface area (Å²) in [5.41, 5.74) is 2.75. The van der Waals surface area contributed by atoms with E-state index in [0.717, 1.165) is 0 Å². The summed E-state index contributed by atoms with van der Waals surface area (Å²) in [4.78, 5) is -17.1. The summed E-state index contributed by atoms with van der Waals surface area (Å²) in [6.45, 7) is 1.28. The van der Waals surface area contributed by atoms with Crippen LogP contribution in [0, 0.1) is 20.8 Å². The van der Waals surface area contributed by atoms with E-state index in [-0.39, 0.29) is 72.5 Å². The van der Waals surface area contributed by atoms with Gasteiger partial charge in [0.15, 0.2) is 6.29 Å². The fraction of sp³-hybridized carbons (Fsp3) is 0.280. The van der Waals surface area contributed by atoms with Crippen molar-refractivity contribution in [3.05, 3.63) is 303 Å². The van der Waals surface area contributed by atoms with Crippen LogP contribution in [-0.2, 0) is 97.0 Å². The van der Waals surface area contributed by atoms with Gasteiger partial charge in [-0.3, -0.25) is 0 Å². The first-order chi connectivity index (χ1) is 45.6. The summed E-state index contributed by atoms with van der Waals surface area (Å²) in [6, 6.07) is 65.0. The highest BCUT2D eigenvalue weighted by atomic mass is 32.2. The van der Waals surface area contributed by atoms with Gasteiger partial charge in [0.25, 0.3) is 9.87 Å². The molecule has 10 atom stereocenters. The van der Waals surface area contributed by atoms with Crippen LogP contribution in [0.3, 0.4) is 0 Å². The monoisotopic (exact) mass is 1340 g/mol. The van der Waals surface area contributed by atoms with Gasteiger partial charge in [-0.05, 0) is 107 Å². The Morgan fingerprint density at radius 1 is 0.400 bits per heavy atom. The minimum Gasteiger partial charge on any atom is -0.394 e. The Morgan fingerprint density at radius 3 is 1.14 bits per heavy atom. The van der Waals surface area contributed by atoms with Gasteiger partial charge in [-0.2, -0.15) is 0 Å². The SMILES string of the molecule is Cc1cccc(Cc2ccccc2)c1S(=O)(=O)[C@]1(O)[C@@](O)(S(=O)(=O)c2c(C)cccc2Cc2ccccc2)[C@@H](CO)O[C@@H](O[C@H]2[C@H](OCc3ccccc3)[C@@H](OCc3ccccc3)C(O)O[C@@H]2COCc2ccccc2)[C@@]1(O)S(=O)(=O)c1c(C)cccc1Cc1ccccc1. The second kappa shape index (κ2) is 29.0. The van der Waals surface area contributed by atoms with Crippen molar-refractivity contribution >= 4 is 29.5 Å². The summed E-state index contributed by atoms with van der Waals surface area (Å²) in [7, 11) is -19.1. The normalized spacial score (nSPS) is 24.1. The van der Waals surface area contributed by atoms with Crippen molar-refractivity contribution in [2.75, 3.05) is 13.2 Å². The van der Waals surface area contributed by atoms with Gasteiger partial charge in [-0.25, -0.2) is 25.3 Å². The fourth-order valence-electron chi connectivity index (χ4n) is 13.0. The van der Waals surface area contributed by atoms with Crippen LogP contribution in [-0.4, -0.2) is 122 Å². The number of sulfone groups is 3. The smallest absolute Gasteiger partial charge is 0.270 e.